The summed E-state index contributed by atoms with van der Waals surface area (Å²) >= 11 is 9.55. The fraction of sp³-hybridized carbons (Fsp3) is 0.636. The van der Waals surface area contributed by atoms with E-state index < -0.39 is 0 Å². The highest BCUT2D eigenvalue weighted by atomic mass is 35.5. The van der Waals surface area contributed by atoms with Crippen LogP contribution in [0.1, 0.15) is 30.6 Å². The molecule has 2 rings (SSSR count). The first-order chi connectivity index (χ1) is 8.10. The lowest BCUT2D eigenvalue weighted by Crippen LogP contribution is -2.24. The van der Waals surface area contributed by atoms with Gasteiger partial charge in [0.15, 0.2) is 0 Å². The van der Waals surface area contributed by atoms with Gasteiger partial charge in [0.05, 0.1) is 16.8 Å². The standard InChI is InChI=1S/C11H15ClN2OS2/c1-6-7(2)17-9(5-16-6)11-13-8(4-12)3-10(15)14-11/h3,6-7,9H,4-5H2,1-2H3,(H,13,14,15). The van der Waals surface area contributed by atoms with Gasteiger partial charge in [0.2, 0.25) is 0 Å². The third-order valence-electron chi connectivity index (χ3n) is 2.81. The largest absolute Gasteiger partial charge is 0.310 e. The molecule has 17 heavy (non-hydrogen) atoms. The molecule has 1 fully saturated rings. The summed E-state index contributed by atoms with van der Waals surface area (Å²) in [6.45, 7) is 4.46. The van der Waals surface area contributed by atoms with Crippen LogP contribution in [-0.2, 0) is 5.88 Å². The van der Waals surface area contributed by atoms with Crippen LogP contribution in [0.2, 0.25) is 0 Å². The van der Waals surface area contributed by atoms with E-state index in [9.17, 15) is 4.79 Å². The van der Waals surface area contributed by atoms with Gasteiger partial charge in [-0.25, -0.2) is 4.98 Å². The summed E-state index contributed by atoms with van der Waals surface area (Å²) in [4.78, 5) is 18.7. The van der Waals surface area contributed by atoms with Crippen LogP contribution in [0.5, 0.6) is 0 Å². The fourth-order valence-corrected chi connectivity index (χ4v) is 4.68. The summed E-state index contributed by atoms with van der Waals surface area (Å²) in [5, 5.41) is 1.49. The van der Waals surface area contributed by atoms with E-state index in [0.29, 0.717) is 16.2 Å². The predicted octanol–water partition coefficient (Wildman–Crippen LogP) is 2.81. The average molecular weight is 291 g/mol. The molecule has 1 N–H and O–H groups in total. The Morgan fingerprint density at radius 2 is 2.29 bits per heavy atom. The van der Waals surface area contributed by atoms with Crippen LogP contribution in [0.3, 0.4) is 0 Å². The number of alkyl halides is 1. The highest BCUT2D eigenvalue weighted by Crippen LogP contribution is 2.42. The van der Waals surface area contributed by atoms with Crippen LogP contribution < -0.4 is 5.56 Å². The first-order valence-electron chi connectivity index (χ1n) is 5.53. The van der Waals surface area contributed by atoms with E-state index in [1.807, 2.05) is 23.5 Å². The maximum absolute atomic E-state index is 11.5. The molecule has 3 nitrogen and oxygen atoms in total. The summed E-state index contributed by atoms with van der Waals surface area (Å²) < 4.78 is 0. The lowest BCUT2D eigenvalue weighted by atomic mass is 10.3. The number of rotatable bonds is 2. The molecule has 1 aromatic heterocycles. The van der Waals surface area contributed by atoms with E-state index in [0.717, 1.165) is 11.6 Å². The van der Waals surface area contributed by atoms with Crippen LogP contribution >= 0.6 is 35.1 Å². The Labute approximate surface area is 114 Å². The number of nitrogens with zero attached hydrogens (tertiary/aromatic N) is 1. The predicted molar refractivity (Wildman–Crippen MR) is 76.1 cm³/mol. The Balaban J connectivity index is 2.22. The van der Waals surface area contributed by atoms with Gasteiger partial charge < -0.3 is 4.98 Å². The van der Waals surface area contributed by atoms with E-state index in [-0.39, 0.29) is 16.7 Å². The number of H-pyrrole nitrogens is 1. The molecule has 1 saturated heterocycles. The van der Waals surface area contributed by atoms with E-state index in [2.05, 4.69) is 23.8 Å². The molecule has 1 aliphatic heterocycles. The summed E-state index contributed by atoms with van der Waals surface area (Å²) in [6.07, 6.45) is 0. The number of aromatic nitrogens is 2. The van der Waals surface area contributed by atoms with Crippen molar-refractivity contribution in [1.82, 2.24) is 9.97 Å². The van der Waals surface area contributed by atoms with Gasteiger partial charge in [0.25, 0.3) is 5.56 Å². The zero-order valence-electron chi connectivity index (χ0n) is 9.77. The van der Waals surface area contributed by atoms with Crippen LogP contribution in [0.15, 0.2) is 10.9 Å². The van der Waals surface area contributed by atoms with Crippen molar-refractivity contribution in [2.45, 2.75) is 35.5 Å². The van der Waals surface area contributed by atoms with Crippen molar-refractivity contribution in [3.63, 3.8) is 0 Å². The van der Waals surface area contributed by atoms with Crippen molar-refractivity contribution in [2.75, 3.05) is 5.75 Å². The molecule has 0 bridgehead atoms. The minimum absolute atomic E-state index is 0.109. The summed E-state index contributed by atoms with van der Waals surface area (Å²) in [6, 6.07) is 1.46. The Hall–Kier alpha value is -0.130. The molecule has 94 valence electrons. The van der Waals surface area contributed by atoms with Crippen molar-refractivity contribution in [2.24, 2.45) is 0 Å². The second-order valence-electron chi connectivity index (χ2n) is 4.12. The molecule has 3 unspecified atom stereocenters. The third-order valence-corrected chi connectivity index (χ3v) is 6.48. The molecule has 1 aromatic rings. The molecule has 0 radical (unpaired) electrons. The number of nitrogens with one attached hydrogen (secondary N) is 1. The van der Waals surface area contributed by atoms with Gasteiger partial charge in [-0.3, -0.25) is 4.79 Å². The van der Waals surface area contributed by atoms with Crippen molar-refractivity contribution < 1.29 is 0 Å². The highest BCUT2D eigenvalue weighted by Gasteiger charge is 2.28. The zero-order valence-corrected chi connectivity index (χ0v) is 12.2. The molecule has 0 aromatic carbocycles. The van der Waals surface area contributed by atoms with E-state index in [1.54, 1.807) is 0 Å². The summed E-state index contributed by atoms with van der Waals surface area (Å²) in [5.41, 5.74) is 0.546. The average Bonchev–Trinajstić information content (AvgIpc) is 2.32. The van der Waals surface area contributed by atoms with Crippen LogP contribution in [-0.4, -0.2) is 26.2 Å². The summed E-state index contributed by atoms with van der Waals surface area (Å²) in [7, 11) is 0. The van der Waals surface area contributed by atoms with Crippen molar-refractivity contribution in [3.05, 3.63) is 27.9 Å². The van der Waals surface area contributed by atoms with Crippen molar-refractivity contribution >= 4 is 35.1 Å². The quantitative estimate of drug-likeness (QED) is 0.851. The lowest BCUT2D eigenvalue weighted by molar-refractivity contribution is 0.842. The van der Waals surface area contributed by atoms with Crippen LogP contribution in [0, 0.1) is 0 Å². The summed E-state index contributed by atoms with van der Waals surface area (Å²) in [5.74, 6) is 2.04. The number of halogens is 1. The fourth-order valence-electron chi connectivity index (χ4n) is 1.68. The smallest absolute Gasteiger partial charge is 0.251 e. The number of hydrogen-bond acceptors (Lipinski definition) is 4. The number of aromatic amines is 1. The number of hydrogen-bond donors (Lipinski definition) is 1. The molecule has 6 heteroatoms. The molecular formula is C11H15ClN2OS2. The van der Waals surface area contributed by atoms with Crippen LogP contribution in [0.25, 0.3) is 0 Å². The second kappa shape index (κ2) is 5.67. The molecule has 3 atom stereocenters. The topological polar surface area (TPSA) is 45.8 Å². The number of thioether (sulfide) groups is 2. The van der Waals surface area contributed by atoms with Crippen LogP contribution in [0.4, 0.5) is 0 Å². The molecule has 2 heterocycles. The second-order valence-corrected chi connectivity index (χ2v) is 7.39. The van der Waals surface area contributed by atoms with Crippen molar-refractivity contribution in [1.29, 1.82) is 0 Å². The van der Waals surface area contributed by atoms with Gasteiger partial charge in [0.1, 0.15) is 5.82 Å². The Morgan fingerprint density at radius 3 is 2.94 bits per heavy atom. The van der Waals surface area contributed by atoms with Gasteiger partial charge >= 0.3 is 0 Å². The first-order valence-corrected chi connectivity index (χ1v) is 8.06. The first kappa shape index (κ1) is 13.3. The van der Waals surface area contributed by atoms with Gasteiger partial charge in [0, 0.05) is 22.3 Å². The monoisotopic (exact) mass is 290 g/mol. The SMILES string of the molecule is CC1SCC(c2nc(CCl)cc(=O)[nH]2)SC1C. The highest BCUT2D eigenvalue weighted by molar-refractivity contribution is 8.07. The Morgan fingerprint density at radius 1 is 1.53 bits per heavy atom. The Bertz CT molecular complexity index is 451. The lowest BCUT2D eigenvalue weighted by Gasteiger charge is -2.30. The molecule has 0 amide bonds. The van der Waals surface area contributed by atoms with E-state index >= 15 is 0 Å². The van der Waals surface area contributed by atoms with E-state index in [1.165, 1.54) is 6.07 Å². The molecule has 1 aliphatic rings. The maximum atomic E-state index is 11.5. The van der Waals surface area contributed by atoms with Gasteiger partial charge in [-0.1, -0.05) is 13.8 Å². The maximum Gasteiger partial charge on any atom is 0.251 e. The molecule has 0 aliphatic carbocycles. The zero-order chi connectivity index (χ0) is 12.4. The normalized spacial score (nSPS) is 29.2. The molecule has 0 spiro atoms. The minimum atomic E-state index is -0.109. The minimum Gasteiger partial charge on any atom is -0.310 e. The molecular weight excluding hydrogens is 276 g/mol. The van der Waals surface area contributed by atoms with E-state index in [4.69, 9.17) is 11.6 Å². The van der Waals surface area contributed by atoms with Gasteiger partial charge in [-0.15, -0.1) is 23.4 Å². The van der Waals surface area contributed by atoms with Gasteiger partial charge in [-0.05, 0) is 0 Å². The van der Waals surface area contributed by atoms with Gasteiger partial charge in [-0.2, -0.15) is 11.8 Å². The Kier molecular flexibility index (Phi) is 4.44. The molecule has 0 saturated carbocycles. The van der Waals surface area contributed by atoms with Crippen molar-refractivity contribution in [3.8, 4) is 0 Å². The third kappa shape index (κ3) is 3.20.